The molecule has 62 valence electrons. The van der Waals surface area contributed by atoms with Gasteiger partial charge in [0.05, 0.1) is 11.0 Å². The Hall–Kier alpha value is -0.870. The average molecular weight is 227 g/mol. The highest BCUT2D eigenvalue weighted by Gasteiger charge is 2.05. The molecule has 0 unspecified atom stereocenters. The van der Waals surface area contributed by atoms with Gasteiger partial charge in [-0.3, -0.25) is 0 Å². The summed E-state index contributed by atoms with van der Waals surface area (Å²) in [6.45, 7) is 0.334. The van der Waals surface area contributed by atoms with E-state index in [0.717, 1.165) is 15.6 Å². The molecule has 0 aliphatic rings. The van der Waals surface area contributed by atoms with Crippen LogP contribution in [0.1, 0.15) is 5.89 Å². The summed E-state index contributed by atoms with van der Waals surface area (Å²) in [6, 6.07) is 5.71. The Morgan fingerprint density at radius 3 is 3.00 bits per heavy atom. The van der Waals surface area contributed by atoms with E-state index in [0.29, 0.717) is 12.4 Å². The number of nitrogens with zero attached hydrogens (tertiary/aromatic N) is 1. The Balaban J connectivity index is 2.74. The molecule has 1 heterocycles. The Morgan fingerprint density at radius 1 is 1.50 bits per heavy atom. The van der Waals surface area contributed by atoms with Crippen molar-refractivity contribution < 1.29 is 4.42 Å². The third-order valence-corrected chi connectivity index (χ3v) is 2.21. The van der Waals surface area contributed by atoms with Gasteiger partial charge in [0.25, 0.3) is 0 Å². The molecule has 0 saturated heterocycles. The summed E-state index contributed by atoms with van der Waals surface area (Å²) < 4.78 is 6.27. The van der Waals surface area contributed by atoms with Gasteiger partial charge in [0.1, 0.15) is 5.52 Å². The number of aromatic nitrogens is 1. The SMILES string of the molecule is NCc1nc2cccc(Br)c2o1. The van der Waals surface area contributed by atoms with Gasteiger partial charge in [-0.05, 0) is 28.1 Å². The van der Waals surface area contributed by atoms with E-state index in [1.165, 1.54) is 0 Å². The monoisotopic (exact) mass is 226 g/mol. The number of fused-ring (bicyclic) bond motifs is 1. The second-order valence-corrected chi connectivity index (χ2v) is 3.25. The molecule has 3 nitrogen and oxygen atoms in total. The number of rotatable bonds is 1. The zero-order chi connectivity index (χ0) is 8.55. The number of hydrogen-bond donors (Lipinski definition) is 1. The largest absolute Gasteiger partial charge is 0.438 e. The molecule has 0 fully saturated rings. The van der Waals surface area contributed by atoms with Crippen molar-refractivity contribution in [3.8, 4) is 0 Å². The van der Waals surface area contributed by atoms with Crippen LogP contribution in [0.2, 0.25) is 0 Å². The smallest absolute Gasteiger partial charge is 0.209 e. The van der Waals surface area contributed by atoms with Crippen molar-refractivity contribution in [1.82, 2.24) is 4.98 Å². The maximum atomic E-state index is 5.39. The van der Waals surface area contributed by atoms with Gasteiger partial charge in [0.2, 0.25) is 5.89 Å². The third-order valence-electron chi connectivity index (χ3n) is 1.59. The molecule has 1 aromatic heterocycles. The minimum Gasteiger partial charge on any atom is -0.438 e. The first kappa shape index (κ1) is 7.76. The number of benzene rings is 1. The minimum absolute atomic E-state index is 0.334. The third kappa shape index (κ3) is 1.13. The van der Waals surface area contributed by atoms with E-state index in [1.54, 1.807) is 0 Å². The van der Waals surface area contributed by atoms with E-state index in [1.807, 2.05) is 18.2 Å². The highest BCUT2D eigenvalue weighted by atomic mass is 79.9. The molecule has 0 spiro atoms. The summed E-state index contributed by atoms with van der Waals surface area (Å²) in [5.74, 6) is 0.567. The summed E-state index contributed by atoms with van der Waals surface area (Å²) in [4.78, 5) is 4.17. The first-order chi connectivity index (χ1) is 5.81. The van der Waals surface area contributed by atoms with Gasteiger partial charge in [-0.25, -0.2) is 4.98 Å². The van der Waals surface area contributed by atoms with Crippen LogP contribution in [0, 0.1) is 0 Å². The molecule has 12 heavy (non-hydrogen) atoms. The van der Waals surface area contributed by atoms with Crippen LogP contribution in [-0.2, 0) is 6.54 Å². The van der Waals surface area contributed by atoms with Crippen LogP contribution in [0.4, 0.5) is 0 Å². The van der Waals surface area contributed by atoms with Crippen LogP contribution in [0.15, 0.2) is 27.1 Å². The fraction of sp³-hybridized carbons (Fsp3) is 0.125. The lowest BCUT2D eigenvalue weighted by Gasteiger charge is -1.87. The Bertz CT molecular complexity index is 410. The maximum Gasteiger partial charge on any atom is 0.209 e. The van der Waals surface area contributed by atoms with Crippen molar-refractivity contribution in [3.05, 3.63) is 28.6 Å². The lowest BCUT2D eigenvalue weighted by molar-refractivity contribution is 0.532. The summed E-state index contributed by atoms with van der Waals surface area (Å²) in [5, 5.41) is 0. The predicted molar refractivity (Wildman–Crippen MR) is 49.6 cm³/mol. The predicted octanol–water partition coefficient (Wildman–Crippen LogP) is 2.05. The van der Waals surface area contributed by atoms with E-state index >= 15 is 0 Å². The van der Waals surface area contributed by atoms with E-state index < -0.39 is 0 Å². The van der Waals surface area contributed by atoms with Crippen molar-refractivity contribution >= 4 is 27.0 Å². The first-order valence-corrected chi connectivity index (χ1v) is 4.34. The van der Waals surface area contributed by atoms with Gasteiger partial charge in [0.15, 0.2) is 5.58 Å². The molecular weight excluding hydrogens is 220 g/mol. The number of hydrogen-bond acceptors (Lipinski definition) is 3. The fourth-order valence-electron chi connectivity index (χ4n) is 1.05. The molecule has 2 N–H and O–H groups in total. The molecule has 2 aromatic rings. The normalized spacial score (nSPS) is 10.8. The lowest BCUT2D eigenvalue weighted by Crippen LogP contribution is -1.94. The zero-order valence-electron chi connectivity index (χ0n) is 6.25. The molecule has 2 rings (SSSR count). The van der Waals surface area contributed by atoms with Crippen molar-refractivity contribution in [2.45, 2.75) is 6.54 Å². The van der Waals surface area contributed by atoms with Crippen molar-refractivity contribution in [2.75, 3.05) is 0 Å². The van der Waals surface area contributed by atoms with Crippen molar-refractivity contribution in [2.24, 2.45) is 5.73 Å². The minimum atomic E-state index is 0.334. The average Bonchev–Trinajstić information content (AvgIpc) is 2.49. The molecule has 4 heteroatoms. The lowest BCUT2D eigenvalue weighted by atomic mass is 10.3. The van der Waals surface area contributed by atoms with Crippen LogP contribution < -0.4 is 5.73 Å². The standard InChI is InChI=1S/C8H7BrN2O/c9-5-2-1-3-6-8(5)12-7(4-10)11-6/h1-3H,4,10H2. The van der Waals surface area contributed by atoms with E-state index in [2.05, 4.69) is 20.9 Å². The number of oxazole rings is 1. The maximum absolute atomic E-state index is 5.39. The topological polar surface area (TPSA) is 52.0 Å². The van der Waals surface area contributed by atoms with Crippen LogP contribution >= 0.6 is 15.9 Å². The van der Waals surface area contributed by atoms with Crippen LogP contribution in [0.5, 0.6) is 0 Å². The number of para-hydroxylation sites is 1. The first-order valence-electron chi connectivity index (χ1n) is 3.55. The summed E-state index contributed by atoms with van der Waals surface area (Å²) in [6.07, 6.45) is 0. The summed E-state index contributed by atoms with van der Waals surface area (Å²) >= 11 is 3.36. The Kier molecular flexibility index (Phi) is 1.86. The second kappa shape index (κ2) is 2.88. The van der Waals surface area contributed by atoms with E-state index in [9.17, 15) is 0 Å². The van der Waals surface area contributed by atoms with Gasteiger partial charge in [-0.15, -0.1) is 0 Å². The quantitative estimate of drug-likeness (QED) is 0.810. The van der Waals surface area contributed by atoms with Gasteiger partial charge < -0.3 is 10.2 Å². The van der Waals surface area contributed by atoms with E-state index in [4.69, 9.17) is 10.2 Å². The van der Waals surface area contributed by atoms with Gasteiger partial charge in [-0.2, -0.15) is 0 Å². The molecule has 0 aliphatic carbocycles. The highest BCUT2D eigenvalue weighted by molar-refractivity contribution is 9.10. The molecule has 0 radical (unpaired) electrons. The summed E-state index contributed by atoms with van der Waals surface area (Å²) in [5.41, 5.74) is 6.99. The molecule has 0 saturated carbocycles. The molecule has 0 aliphatic heterocycles. The van der Waals surface area contributed by atoms with Gasteiger partial charge in [-0.1, -0.05) is 6.07 Å². The number of halogens is 1. The van der Waals surface area contributed by atoms with Crippen LogP contribution in [-0.4, -0.2) is 4.98 Å². The number of nitrogens with two attached hydrogens (primary N) is 1. The van der Waals surface area contributed by atoms with Crippen LogP contribution in [0.25, 0.3) is 11.1 Å². The Morgan fingerprint density at radius 2 is 2.33 bits per heavy atom. The second-order valence-electron chi connectivity index (χ2n) is 2.40. The van der Waals surface area contributed by atoms with Crippen molar-refractivity contribution in [3.63, 3.8) is 0 Å². The fourth-order valence-corrected chi connectivity index (χ4v) is 1.49. The van der Waals surface area contributed by atoms with Crippen LogP contribution in [0.3, 0.4) is 0 Å². The Labute approximate surface area is 77.7 Å². The molecule has 0 bridgehead atoms. The molecule has 1 aromatic carbocycles. The molecular formula is C8H7BrN2O. The molecule has 0 amide bonds. The zero-order valence-corrected chi connectivity index (χ0v) is 7.84. The highest BCUT2D eigenvalue weighted by Crippen LogP contribution is 2.23. The van der Waals surface area contributed by atoms with Crippen molar-refractivity contribution in [1.29, 1.82) is 0 Å². The van der Waals surface area contributed by atoms with E-state index in [-0.39, 0.29) is 0 Å². The summed E-state index contributed by atoms with van der Waals surface area (Å²) in [7, 11) is 0. The van der Waals surface area contributed by atoms with Gasteiger partial charge in [0, 0.05) is 0 Å². The molecule has 0 atom stereocenters. The van der Waals surface area contributed by atoms with Gasteiger partial charge >= 0.3 is 0 Å².